The molecule has 0 bridgehead atoms. The van der Waals surface area contributed by atoms with Crippen molar-refractivity contribution < 1.29 is 66.0 Å². The summed E-state index contributed by atoms with van der Waals surface area (Å²) in [5, 5.41) is 122. The molecule has 0 aliphatic heterocycles. The van der Waals surface area contributed by atoms with Gasteiger partial charge in [-0.3, -0.25) is 0 Å². The highest BCUT2D eigenvalue weighted by Gasteiger charge is 2.34. The Morgan fingerprint density at radius 1 is 0.341 bits per heavy atom. The molecule has 0 fully saturated rings. The number of hydrogen-bond donors (Lipinski definition) is 12. The van der Waals surface area contributed by atoms with Gasteiger partial charge in [0.05, 0.1) is 24.4 Å². The number of aliphatic hydroxyl groups excluding tert-OH is 12. The van der Waals surface area contributed by atoms with Crippen molar-refractivity contribution in [3.63, 3.8) is 0 Å². The first-order valence-electron chi connectivity index (χ1n) is 14.5. The fourth-order valence-electron chi connectivity index (χ4n) is 4.45. The summed E-state index contributed by atoms with van der Waals surface area (Å²) >= 11 is 0. The van der Waals surface area contributed by atoms with Gasteiger partial charge in [0.1, 0.15) is 23.7 Å². The molecular weight excluding hydrogens is 544 g/mol. The monoisotopic (exact) mass is 598 g/mol. The quantitative estimate of drug-likeness (QED) is 0.0497. The highest BCUT2D eigenvalue weighted by Crippen LogP contribution is 2.32. The van der Waals surface area contributed by atoms with Gasteiger partial charge in [-0.1, -0.05) is 0 Å². The molecule has 0 saturated carbocycles. The second kappa shape index (κ2) is 24.3. The molecule has 0 heterocycles. The highest BCUT2D eigenvalue weighted by molar-refractivity contribution is 5.28. The number of hydrogen-bond acceptors (Lipinski definition) is 13. The molecule has 0 aliphatic rings. The third-order valence-electron chi connectivity index (χ3n) is 6.64. The Labute approximate surface area is 242 Å². The van der Waals surface area contributed by atoms with E-state index in [9.17, 15) is 61.3 Å². The van der Waals surface area contributed by atoms with Crippen LogP contribution < -0.4 is 0 Å². The van der Waals surface area contributed by atoms with Gasteiger partial charge in [-0.05, 0) is 77.0 Å². The zero-order valence-electron chi connectivity index (χ0n) is 24.0. The van der Waals surface area contributed by atoms with E-state index in [1.807, 2.05) is 0 Å². The van der Waals surface area contributed by atoms with Crippen molar-refractivity contribution in [2.24, 2.45) is 0 Å². The standard InChI is InChI=1S/C28H54O13/c29-13-1-7-19(35)25(20(36)8-2-14-30)27(23(39)11-5-17-33)41-28(24(40)12-6-18-34)26(21(37)9-3-15-31)22(38)10-4-16-32/h19-24,29-40H,1-18H2. The van der Waals surface area contributed by atoms with Crippen LogP contribution in [-0.4, -0.2) is 138 Å². The average molecular weight is 599 g/mol. The van der Waals surface area contributed by atoms with Crippen LogP contribution in [0.5, 0.6) is 0 Å². The van der Waals surface area contributed by atoms with Gasteiger partial charge in [-0.25, -0.2) is 0 Å². The maximum atomic E-state index is 11.2. The minimum Gasteiger partial charge on any atom is -0.460 e. The maximum Gasteiger partial charge on any atom is 0.137 e. The van der Waals surface area contributed by atoms with E-state index in [1.54, 1.807) is 0 Å². The van der Waals surface area contributed by atoms with Gasteiger partial charge in [0.15, 0.2) is 0 Å². The van der Waals surface area contributed by atoms with Gasteiger partial charge < -0.3 is 66.0 Å². The molecule has 0 aromatic carbocycles. The van der Waals surface area contributed by atoms with Crippen molar-refractivity contribution in [1.29, 1.82) is 0 Å². The van der Waals surface area contributed by atoms with Gasteiger partial charge in [0.25, 0.3) is 0 Å². The third-order valence-corrected chi connectivity index (χ3v) is 6.64. The van der Waals surface area contributed by atoms with Crippen LogP contribution in [-0.2, 0) is 4.74 Å². The van der Waals surface area contributed by atoms with Gasteiger partial charge in [-0.2, -0.15) is 0 Å². The first-order valence-corrected chi connectivity index (χ1v) is 14.5. The first-order chi connectivity index (χ1) is 19.6. The van der Waals surface area contributed by atoms with Crippen molar-refractivity contribution in [3.05, 3.63) is 22.7 Å². The number of ether oxygens (including phenoxy) is 1. The Kier molecular flexibility index (Phi) is 23.6. The summed E-state index contributed by atoms with van der Waals surface area (Å²) in [5.74, 6) is -0.762. The summed E-state index contributed by atoms with van der Waals surface area (Å²) in [5.41, 5.74) is -0.364. The Morgan fingerprint density at radius 2 is 0.537 bits per heavy atom. The summed E-state index contributed by atoms with van der Waals surface area (Å²) in [4.78, 5) is 0. The summed E-state index contributed by atoms with van der Waals surface area (Å²) in [6.07, 6.45) is -8.46. The van der Waals surface area contributed by atoms with Crippen LogP contribution in [0.25, 0.3) is 0 Å². The van der Waals surface area contributed by atoms with E-state index in [4.69, 9.17) is 4.74 Å². The second-order valence-electron chi connectivity index (χ2n) is 10.0. The lowest BCUT2D eigenvalue weighted by atomic mass is 9.91. The van der Waals surface area contributed by atoms with Gasteiger partial charge in [0.2, 0.25) is 0 Å². The molecule has 6 atom stereocenters. The van der Waals surface area contributed by atoms with Crippen LogP contribution >= 0.6 is 0 Å². The minimum absolute atomic E-state index is 0.0428. The smallest absolute Gasteiger partial charge is 0.137 e. The highest BCUT2D eigenvalue weighted by atomic mass is 16.5. The van der Waals surface area contributed by atoms with Crippen LogP contribution in [0, 0.1) is 0 Å². The van der Waals surface area contributed by atoms with Crippen molar-refractivity contribution in [3.8, 4) is 0 Å². The first kappa shape index (κ1) is 39.8. The summed E-state index contributed by atoms with van der Waals surface area (Å²) in [6, 6.07) is 0. The fourth-order valence-corrected chi connectivity index (χ4v) is 4.45. The van der Waals surface area contributed by atoms with E-state index in [0.717, 1.165) is 0 Å². The van der Waals surface area contributed by atoms with E-state index in [2.05, 4.69) is 0 Å². The number of rotatable bonds is 26. The minimum atomic E-state index is -1.53. The SMILES string of the molecule is OCCCC(O)C(OC(=C(C(O)CCCO)C(O)CCCO)C(O)CCCO)=C(C(O)CCCO)C(O)CCCO. The molecule has 13 heteroatoms. The molecule has 0 aromatic rings. The van der Waals surface area contributed by atoms with Gasteiger partial charge in [-0.15, -0.1) is 0 Å². The molecule has 0 radical (unpaired) electrons. The second-order valence-corrected chi connectivity index (χ2v) is 10.0. The summed E-state index contributed by atoms with van der Waals surface area (Å²) < 4.78 is 6.10. The van der Waals surface area contributed by atoms with E-state index in [1.165, 1.54) is 0 Å². The van der Waals surface area contributed by atoms with Crippen LogP contribution in [0.1, 0.15) is 77.0 Å². The van der Waals surface area contributed by atoms with Crippen molar-refractivity contribution in [1.82, 2.24) is 0 Å². The van der Waals surface area contributed by atoms with Gasteiger partial charge in [0, 0.05) is 50.8 Å². The average Bonchev–Trinajstić information content (AvgIpc) is 2.96. The molecule has 0 amide bonds. The van der Waals surface area contributed by atoms with Crippen LogP contribution in [0.2, 0.25) is 0 Å². The lowest BCUT2D eigenvalue weighted by Gasteiger charge is -2.31. The molecule has 0 aromatic heterocycles. The fraction of sp³-hybridized carbons (Fsp3) is 0.857. The topological polar surface area (TPSA) is 252 Å². The van der Waals surface area contributed by atoms with Crippen molar-refractivity contribution in [2.75, 3.05) is 39.6 Å². The van der Waals surface area contributed by atoms with Crippen molar-refractivity contribution >= 4 is 0 Å². The molecule has 244 valence electrons. The third kappa shape index (κ3) is 15.2. The molecule has 0 aliphatic carbocycles. The Hall–Kier alpha value is -1.20. The number of aliphatic hydroxyl groups is 12. The van der Waals surface area contributed by atoms with Crippen LogP contribution in [0.3, 0.4) is 0 Å². The Morgan fingerprint density at radius 3 is 0.732 bits per heavy atom. The van der Waals surface area contributed by atoms with Gasteiger partial charge >= 0.3 is 0 Å². The lowest BCUT2D eigenvalue weighted by molar-refractivity contribution is 0.0433. The van der Waals surface area contributed by atoms with E-state index >= 15 is 0 Å². The Balaban J connectivity index is 7.34. The molecule has 6 unspecified atom stereocenters. The predicted octanol–water partition coefficient (Wildman–Crippen LogP) is -1.69. The molecule has 12 N–H and O–H groups in total. The zero-order valence-corrected chi connectivity index (χ0v) is 24.0. The van der Waals surface area contributed by atoms with E-state index < -0.39 is 36.6 Å². The van der Waals surface area contributed by atoms with E-state index in [-0.39, 0.29) is 139 Å². The summed E-state index contributed by atoms with van der Waals surface area (Å²) in [7, 11) is 0. The van der Waals surface area contributed by atoms with Crippen LogP contribution in [0.15, 0.2) is 22.7 Å². The Bertz CT molecular complexity index is 625. The largest absolute Gasteiger partial charge is 0.460 e. The zero-order chi connectivity index (χ0) is 31.2. The summed E-state index contributed by atoms with van der Waals surface area (Å²) in [6.45, 7) is -1.69. The molecular formula is C28H54O13. The molecule has 0 rings (SSSR count). The molecule has 0 saturated heterocycles. The maximum absolute atomic E-state index is 11.2. The molecule has 13 nitrogen and oxygen atoms in total. The predicted molar refractivity (Wildman–Crippen MR) is 149 cm³/mol. The molecule has 0 spiro atoms. The lowest BCUT2D eigenvalue weighted by Crippen LogP contribution is -2.33. The van der Waals surface area contributed by atoms with Crippen molar-refractivity contribution in [2.45, 2.75) is 114 Å². The van der Waals surface area contributed by atoms with E-state index in [0.29, 0.717) is 0 Å². The van der Waals surface area contributed by atoms with Crippen LogP contribution in [0.4, 0.5) is 0 Å². The molecule has 41 heavy (non-hydrogen) atoms. The normalized spacial score (nSPS) is 16.0.